The molecule has 0 heterocycles. The van der Waals surface area contributed by atoms with Crippen LogP contribution in [0.5, 0.6) is 0 Å². The molecule has 0 saturated carbocycles. The average Bonchev–Trinajstić information content (AvgIpc) is 2.80. The number of carbonyl (C=O) groups is 1. The van der Waals surface area contributed by atoms with Gasteiger partial charge in [0.15, 0.2) is 0 Å². The number of hydrogen-bond donors (Lipinski definition) is 1. The van der Waals surface area contributed by atoms with E-state index >= 15 is 0 Å². The van der Waals surface area contributed by atoms with Crippen LogP contribution < -0.4 is 0 Å². The lowest BCUT2D eigenvalue weighted by atomic mass is 10.0. The van der Waals surface area contributed by atoms with Crippen molar-refractivity contribution in [1.82, 2.24) is 0 Å². The molecule has 2 atom stereocenters. The Morgan fingerprint density at radius 1 is 0.730 bits per heavy atom. The summed E-state index contributed by atoms with van der Waals surface area (Å²) >= 11 is 0. The van der Waals surface area contributed by atoms with Gasteiger partial charge in [-0.3, -0.25) is 9.05 Å². The minimum absolute atomic E-state index is 0.0123. The van der Waals surface area contributed by atoms with E-state index in [0.717, 1.165) is 12.8 Å². The lowest BCUT2D eigenvalue weighted by Crippen LogP contribution is -2.37. The van der Waals surface area contributed by atoms with Crippen molar-refractivity contribution in [2.45, 2.75) is 123 Å². The van der Waals surface area contributed by atoms with E-state index in [9.17, 15) is 14.3 Å². The Morgan fingerprint density at radius 3 is 1.62 bits per heavy atom. The number of carbonyl (C=O) groups excluding carboxylic acids is 1. The van der Waals surface area contributed by atoms with Gasteiger partial charge in [-0.05, 0) is 13.3 Å². The lowest BCUT2D eigenvalue weighted by Gasteiger charge is -2.24. The summed E-state index contributed by atoms with van der Waals surface area (Å²) in [5, 5.41) is 0. The second-order valence-electron chi connectivity index (χ2n) is 11.8. The number of ether oxygens (including phenoxy) is 1. The van der Waals surface area contributed by atoms with E-state index in [4.69, 9.17) is 13.8 Å². The normalized spacial score (nSPS) is 14.5. The molecular weight excluding hydrogens is 489 g/mol. The number of unbranched alkanes of at least 4 members (excludes halogenated alkanes) is 15. The third kappa shape index (κ3) is 28.5. The summed E-state index contributed by atoms with van der Waals surface area (Å²) in [6.07, 6.45) is 21.6. The second-order valence-corrected chi connectivity index (χ2v) is 13.2. The summed E-state index contributed by atoms with van der Waals surface area (Å²) in [5.41, 5.74) is 0. The second kappa shape index (κ2) is 23.6. The summed E-state index contributed by atoms with van der Waals surface area (Å²) < 4.78 is 28.7. The zero-order valence-corrected chi connectivity index (χ0v) is 25.9. The van der Waals surface area contributed by atoms with Crippen molar-refractivity contribution in [2.75, 3.05) is 54.1 Å². The molecule has 0 aliphatic carbocycles. The number of phosphoric acid groups is 1. The number of Topliss-reactive ketones (excluding diaryl/α,β-unsaturated/α-hetero) is 1. The highest BCUT2D eigenvalue weighted by Gasteiger charge is 2.25. The number of phosphoric ester groups is 1. The van der Waals surface area contributed by atoms with Gasteiger partial charge < -0.3 is 18.9 Å². The summed E-state index contributed by atoms with van der Waals surface area (Å²) in [7, 11) is 1.80. The van der Waals surface area contributed by atoms with Gasteiger partial charge in [-0.25, -0.2) is 4.57 Å². The molecule has 222 valence electrons. The van der Waals surface area contributed by atoms with E-state index in [1.807, 2.05) is 21.1 Å². The fourth-order valence-corrected chi connectivity index (χ4v) is 5.03. The molecule has 8 heteroatoms. The van der Waals surface area contributed by atoms with Gasteiger partial charge in [0.1, 0.15) is 18.9 Å². The monoisotopic (exact) mass is 550 g/mol. The molecule has 0 aromatic heterocycles. The number of hydrogen-bond acceptors (Lipinski definition) is 5. The van der Waals surface area contributed by atoms with Gasteiger partial charge in [0.05, 0.1) is 34.4 Å². The van der Waals surface area contributed by atoms with E-state index in [0.29, 0.717) is 24.2 Å². The Morgan fingerprint density at radius 2 is 1.19 bits per heavy atom. The quantitative estimate of drug-likeness (QED) is 0.0611. The van der Waals surface area contributed by atoms with Gasteiger partial charge in [0, 0.05) is 18.9 Å². The van der Waals surface area contributed by atoms with Crippen LogP contribution >= 0.6 is 7.82 Å². The van der Waals surface area contributed by atoms with E-state index < -0.39 is 7.82 Å². The highest BCUT2D eigenvalue weighted by molar-refractivity contribution is 7.47. The molecule has 0 bridgehead atoms. The first-order chi connectivity index (χ1) is 17.6. The van der Waals surface area contributed by atoms with Crippen molar-refractivity contribution in [3.8, 4) is 0 Å². The van der Waals surface area contributed by atoms with Crippen LogP contribution in [-0.4, -0.2) is 69.3 Å². The molecule has 0 aromatic rings. The lowest BCUT2D eigenvalue weighted by molar-refractivity contribution is -0.870. The van der Waals surface area contributed by atoms with Crippen molar-refractivity contribution in [3.63, 3.8) is 0 Å². The van der Waals surface area contributed by atoms with Gasteiger partial charge in [0.2, 0.25) is 0 Å². The molecule has 0 radical (unpaired) electrons. The highest BCUT2D eigenvalue weighted by atomic mass is 31.2. The molecular formula is C29H61NO6P+. The van der Waals surface area contributed by atoms with Gasteiger partial charge >= 0.3 is 7.82 Å². The van der Waals surface area contributed by atoms with Crippen LogP contribution in [0.25, 0.3) is 0 Å². The summed E-state index contributed by atoms with van der Waals surface area (Å²) in [6.45, 7) is 5.46. The van der Waals surface area contributed by atoms with E-state index in [1.54, 1.807) is 0 Å². The molecule has 0 fully saturated rings. The van der Waals surface area contributed by atoms with E-state index in [-0.39, 0.29) is 31.3 Å². The van der Waals surface area contributed by atoms with Crippen molar-refractivity contribution in [1.29, 1.82) is 0 Å². The van der Waals surface area contributed by atoms with Crippen molar-refractivity contribution in [2.24, 2.45) is 5.92 Å². The topological polar surface area (TPSA) is 82.1 Å². The molecule has 0 aliphatic rings. The van der Waals surface area contributed by atoms with Crippen LogP contribution in [0.2, 0.25) is 0 Å². The van der Waals surface area contributed by atoms with Crippen LogP contribution in [0.15, 0.2) is 0 Å². The van der Waals surface area contributed by atoms with Crippen LogP contribution in [0.4, 0.5) is 0 Å². The van der Waals surface area contributed by atoms with Crippen LogP contribution in [-0.2, 0) is 23.1 Å². The molecule has 0 saturated heterocycles. The van der Waals surface area contributed by atoms with Crippen molar-refractivity contribution in [3.05, 3.63) is 0 Å². The van der Waals surface area contributed by atoms with Gasteiger partial charge in [-0.2, -0.15) is 0 Å². The number of quaternary nitrogens is 1. The fraction of sp³-hybridized carbons (Fsp3) is 0.966. The summed E-state index contributed by atoms with van der Waals surface area (Å²) in [4.78, 5) is 21.5. The number of ketones is 1. The Balaban J connectivity index is 3.71. The Hall–Kier alpha value is -0.300. The third-order valence-corrected chi connectivity index (χ3v) is 7.55. The third-order valence-electron chi connectivity index (χ3n) is 6.56. The zero-order valence-electron chi connectivity index (χ0n) is 25.0. The van der Waals surface area contributed by atoms with Crippen LogP contribution in [0, 0.1) is 5.92 Å². The standard InChI is InChI=1S/C29H60NO6P/c1-6-7-8-9-10-11-12-13-14-15-16-17-18-19-20-21-23-34-26-29(25-28(2)31)27-36-37(32,33)35-24-22-30(3,4)5/h29H,6-27H2,1-5H3/p+1/t29-/m0/s1. The zero-order chi connectivity index (χ0) is 27.8. The first-order valence-electron chi connectivity index (χ1n) is 15.0. The maximum Gasteiger partial charge on any atom is 0.472 e. The number of likely N-dealkylation sites (N-methyl/N-ethyl adjacent to an activating group) is 1. The molecule has 0 rings (SSSR count). The number of rotatable bonds is 28. The molecule has 0 aromatic carbocycles. The van der Waals surface area contributed by atoms with Crippen LogP contribution in [0.3, 0.4) is 0 Å². The molecule has 0 spiro atoms. The minimum atomic E-state index is -4.13. The predicted molar refractivity (Wildman–Crippen MR) is 154 cm³/mol. The highest BCUT2D eigenvalue weighted by Crippen LogP contribution is 2.43. The molecule has 0 amide bonds. The molecule has 0 aliphatic heterocycles. The number of nitrogens with zero attached hydrogens (tertiary/aromatic N) is 1. The molecule has 37 heavy (non-hydrogen) atoms. The minimum Gasteiger partial charge on any atom is -0.381 e. The van der Waals surface area contributed by atoms with Gasteiger partial charge in [0.25, 0.3) is 0 Å². The van der Waals surface area contributed by atoms with Crippen LogP contribution in [0.1, 0.15) is 123 Å². The summed E-state index contributed by atoms with van der Waals surface area (Å²) in [6, 6.07) is 0. The Bertz CT molecular complexity index is 581. The van der Waals surface area contributed by atoms with Gasteiger partial charge in [-0.15, -0.1) is 0 Å². The van der Waals surface area contributed by atoms with Gasteiger partial charge in [-0.1, -0.05) is 103 Å². The smallest absolute Gasteiger partial charge is 0.381 e. The SMILES string of the molecule is CCCCCCCCCCCCCCCCCCOC[C@@H](COP(=O)(O)OCC[N+](C)(C)C)CC(C)=O. The van der Waals surface area contributed by atoms with Crippen molar-refractivity contribution < 1.29 is 32.5 Å². The Kier molecular flexibility index (Phi) is 23.4. The van der Waals surface area contributed by atoms with E-state index in [1.165, 1.54) is 96.8 Å². The summed E-state index contributed by atoms with van der Waals surface area (Å²) in [5.74, 6) is -0.237. The maximum absolute atomic E-state index is 12.1. The fourth-order valence-electron chi connectivity index (χ4n) is 4.24. The van der Waals surface area contributed by atoms with Crippen molar-refractivity contribution >= 4 is 13.6 Å². The molecule has 1 N–H and O–H groups in total. The largest absolute Gasteiger partial charge is 0.472 e. The molecule has 1 unspecified atom stereocenters. The predicted octanol–water partition coefficient (Wildman–Crippen LogP) is 7.70. The first kappa shape index (κ1) is 36.7. The maximum atomic E-state index is 12.1. The van der Waals surface area contributed by atoms with E-state index in [2.05, 4.69) is 6.92 Å². The Labute approximate surface area is 229 Å². The molecule has 7 nitrogen and oxygen atoms in total. The first-order valence-corrected chi connectivity index (χ1v) is 16.5. The average molecular weight is 551 g/mol.